The Labute approximate surface area is 109 Å². The summed E-state index contributed by atoms with van der Waals surface area (Å²) in [6.45, 7) is 1.48. The van der Waals surface area contributed by atoms with Crippen molar-refractivity contribution in [2.24, 2.45) is 0 Å². The quantitative estimate of drug-likeness (QED) is 0.611. The Balaban J connectivity index is 2.12. The summed E-state index contributed by atoms with van der Waals surface area (Å²) in [5, 5.41) is 3.31. The number of hydrogen-bond donors (Lipinski definition) is 2. The average Bonchev–Trinajstić information content (AvgIpc) is 2.81. The van der Waals surface area contributed by atoms with E-state index in [9.17, 15) is 13.2 Å². The number of rotatable bonds is 8. The second kappa shape index (κ2) is 7.70. The summed E-state index contributed by atoms with van der Waals surface area (Å²) in [6.07, 6.45) is 3.53. The zero-order valence-corrected chi connectivity index (χ0v) is 11.6. The summed E-state index contributed by atoms with van der Waals surface area (Å²) < 4.78 is 30.2. The Kier molecular flexibility index (Phi) is 6.59. The van der Waals surface area contributed by atoms with Crippen LogP contribution in [0, 0.1) is 0 Å². The third-order valence-corrected chi connectivity index (χ3v) is 4.47. The van der Waals surface area contributed by atoms with E-state index < -0.39 is 10.0 Å². The van der Waals surface area contributed by atoms with Crippen LogP contribution in [-0.4, -0.2) is 46.4 Å². The van der Waals surface area contributed by atoms with Crippen LogP contribution in [0.25, 0.3) is 0 Å². The highest BCUT2D eigenvalue weighted by Crippen LogP contribution is 2.07. The van der Waals surface area contributed by atoms with Crippen LogP contribution in [0.3, 0.4) is 0 Å². The fraction of sp³-hybridized carbons (Fsp3) is 0.909. The summed E-state index contributed by atoms with van der Waals surface area (Å²) in [5.74, 6) is -0.402. The van der Waals surface area contributed by atoms with Crippen LogP contribution in [0.15, 0.2) is 0 Å². The van der Waals surface area contributed by atoms with E-state index in [0.717, 1.165) is 25.8 Å². The minimum absolute atomic E-state index is 0.0276. The molecule has 1 heterocycles. The molecule has 0 saturated carbocycles. The van der Waals surface area contributed by atoms with Crippen LogP contribution < -0.4 is 10.0 Å². The molecule has 1 atom stereocenters. The van der Waals surface area contributed by atoms with Gasteiger partial charge in [-0.15, -0.1) is 0 Å². The van der Waals surface area contributed by atoms with Gasteiger partial charge in [0, 0.05) is 19.0 Å². The molecule has 1 saturated heterocycles. The summed E-state index contributed by atoms with van der Waals surface area (Å²) in [7, 11) is -1.97. The minimum Gasteiger partial charge on any atom is -0.469 e. The lowest BCUT2D eigenvalue weighted by atomic mass is 10.2. The molecule has 1 aliphatic heterocycles. The maximum Gasteiger partial charge on any atom is 0.305 e. The van der Waals surface area contributed by atoms with E-state index in [0.29, 0.717) is 19.0 Å². The second-order valence-electron chi connectivity index (χ2n) is 4.47. The highest BCUT2D eigenvalue weighted by atomic mass is 32.2. The molecule has 0 aromatic carbocycles. The van der Waals surface area contributed by atoms with Crippen molar-refractivity contribution in [1.29, 1.82) is 0 Å². The first-order valence-corrected chi connectivity index (χ1v) is 7.96. The number of nitrogens with one attached hydrogen (secondary N) is 2. The van der Waals surface area contributed by atoms with E-state index >= 15 is 0 Å². The number of ether oxygens (including phenoxy) is 1. The maximum atomic E-state index is 11.6. The fourth-order valence-electron chi connectivity index (χ4n) is 1.97. The minimum atomic E-state index is -3.26. The van der Waals surface area contributed by atoms with E-state index in [1.54, 1.807) is 0 Å². The van der Waals surface area contributed by atoms with Gasteiger partial charge in [-0.2, -0.15) is 0 Å². The molecule has 0 aromatic heterocycles. The van der Waals surface area contributed by atoms with E-state index in [4.69, 9.17) is 0 Å². The molecule has 6 nitrogen and oxygen atoms in total. The van der Waals surface area contributed by atoms with Crippen molar-refractivity contribution in [2.45, 2.75) is 38.1 Å². The van der Waals surface area contributed by atoms with Crippen molar-refractivity contribution in [3.05, 3.63) is 0 Å². The normalized spacial score (nSPS) is 19.9. The third-order valence-electron chi connectivity index (χ3n) is 3.00. The summed E-state index contributed by atoms with van der Waals surface area (Å²) in [4.78, 5) is 10.8. The van der Waals surface area contributed by atoms with Crippen LogP contribution in [0.5, 0.6) is 0 Å². The average molecular weight is 278 g/mol. The first kappa shape index (κ1) is 15.4. The molecule has 0 bridgehead atoms. The number of esters is 1. The van der Waals surface area contributed by atoms with E-state index in [1.807, 2.05) is 0 Å². The number of carbonyl (C=O) groups excluding carboxylic acids is 1. The molecule has 1 fully saturated rings. The van der Waals surface area contributed by atoms with Crippen molar-refractivity contribution in [3.8, 4) is 0 Å². The predicted molar refractivity (Wildman–Crippen MR) is 68.7 cm³/mol. The molecular formula is C11H22N2O4S. The van der Waals surface area contributed by atoms with Crippen molar-refractivity contribution in [2.75, 3.05) is 26.0 Å². The zero-order valence-electron chi connectivity index (χ0n) is 10.8. The van der Waals surface area contributed by atoms with Crippen molar-refractivity contribution >= 4 is 16.0 Å². The first-order valence-electron chi connectivity index (χ1n) is 6.31. The molecule has 18 heavy (non-hydrogen) atoms. The van der Waals surface area contributed by atoms with Gasteiger partial charge in [-0.1, -0.05) is 0 Å². The zero-order chi connectivity index (χ0) is 13.4. The van der Waals surface area contributed by atoms with E-state index in [2.05, 4.69) is 14.8 Å². The lowest BCUT2D eigenvalue weighted by Gasteiger charge is -2.11. The van der Waals surface area contributed by atoms with Crippen molar-refractivity contribution in [3.63, 3.8) is 0 Å². The summed E-state index contributed by atoms with van der Waals surface area (Å²) in [5.41, 5.74) is 0. The lowest BCUT2D eigenvalue weighted by molar-refractivity contribution is -0.140. The van der Waals surface area contributed by atoms with Gasteiger partial charge in [0.1, 0.15) is 0 Å². The molecule has 1 aliphatic rings. The van der Waals surface area contributed by atoms with Crippen molar-refractivity contribution in [1.82, 2.24) is 10.0 Å². The van der Waals surface area contributed by atoms with Gasteiger partial charge in [0.15, 0.2) is 0 Å². The van der Waals surface area contributed by atoms with Gasteiger partial charge in [0.25, 0.3) is 0 Å². The highest BCUT2D eigenvalue weighted by molar-refractivity contribution is 7.89. The molecule has 1 rings (SSSR count). The first-order chi connectivity index (χ1) is 8.53. The van der Waals surface area contributed by atoms with Gasteiger partial charge in [-0.05, 0) is 32.2 Å². The Morgan fingerprint density at radius 2 is 2.28 bits per heavy atom. The Hall–Kier alpha value is -0.660. The van der Waals surface area contributed by atoms with Crippen LogP contribution in [-0.2, 0) is 19.6 Å². The van der Waals surface area contributed by atoms with Crippen LogP contribution in [0.1, 0.15) is 32.1 Å². The van der Waals surface area contributed by atoms with E-state index in [1.165, 1.54) is 7.11 Å². The molecule has 106 valence electrons. The topological polar surface area (TPSA) is 84.5 Å². The van der Waals surface area contributed by atoms with Gasteiger partial charge in [-0.3, -0.25) is 4.79 Å². The van der Waals surface area contributed by atoms with Crippen LogP contribution in [0.4, 0.5) is 0 Å². The maximum absolute atomic E-state index is 11.6. The number of hydrogen-bond acceptors (Lipinski definition) is 5. The Morgan fingerprint density at radius 1 is 1.50 bits per heavy atom. The second-order valence-corrected chi connectivity index (χ2v) is 6.40. The van der Waals surface area contributed by atoms with Gasteiger partial charge in [-0.25, -0.2) is 13.1 Å². The fourth-order valence-corrected chi connectivity index (χ4v) is 3.07. The molecule has 7 heteroatoms. The summed E-state index contributed by atoms with van der Waals surface area (Å²) in [6, 6.07) is 0.433. The third kappa shape index (κ3) is 6.32. The van der Waals surface area contributed by atoms with Gasteiger partial charge in [0.2, 0.25) is 10.0 Å². The Morgan fingerprint density at radius 3 is 2.89 bits per heavy atom. The molecule has 0 radical (unpaired) electrons. The standard InChI is InChI=1S/C11H22N2O4S/c1-17-11(14)5-3-9-18(15,16)13-8-6-10-4-2-7-12-10/h10,12-13H,2-9H2,1H3. The SMILES string of the molecule is COC(=O)CCCS(=O)(=O)NCCC1CCCN1. The molecule has 0 spiro atoms. The van der Waals surface area contributed by atoms with Gasteiger partial charge < -0.3 is 10.1 Å². The summed E-state index contributed by atoms with van der Waals surface area (Å²) >= 11 is 0. The lowest BCUT2D eigenvalue weighted by Crippen LogP contribution is -2.32. The number of methoxy groups -OCH3 is 1. The number of carbonyl (C=O) groups is 1. The number of sulfonamides is 1. The van der Waals surface area contributed by atoms with Crippen LogP contribution in [0.2, 0.25) is 0 Å². The molecule has 0 aromatic rings. The molecule has 1 unspecified atom stereocenters. The monoisotopic (exact) mass is 278 g/mol. The molecule has 0 amide bonds. The Bertz CT molecular complexity index is 350. The molecule has 0 aliphatic carbocycles. The van der Waals surface area contributed by atoms with Crippen LogP contribution >= 0.6 is 0 Å². The van der Waals surface area contributed by atoms with Gasteiger partial charge >= 0.3 is 5.97 Å². The molecule has 2 N–H and O–H groups in total. The predicted octanol–water partition coefficient (Wildman–Crippen LogP) is 0.00110. The highest BCUT2D eigenvalue weighted by Gasteiger charge is 2.15. The van der Waals surface area contributed by atoms with Crippen molar-refractivity contribution < 1.29 is 17.9 Å². The molecular weight excluding hydrogens is 256 g/mol. The largest absolute Gasteiger partial charge is 0.469 e. The van der Waals surface area contributed by atoms with E-state index in [-0.39, 0.29) is 18.1 Å². The smallest absolute Gasteiger partial charge is 0.305 e. The van der Waals surface area contributed by atoms with Gasteiger partial charge in [0.05, 0.1) is 12.9 Å².